The molecular weight excluding hydrogens is 446 g/mol. The number of Topliss-reactive ketones (excluding diaryl/α,β-unsaturated/α-hetero) is 1. The van der Waals surface area contributed by atoms with Crippen LogP contribution in [0, 0.1) is 5.92 Å². The maximum absolute atomic E-state index is 13.3. The van der Waals surface area contributed by atoms with Crippen molar-refractivity contribution in [2.45, 2.75) is 56.7 Å². The number of carbonyl (C=O) groups excluding carboxylic acids is 4. The first-order chi connectivity index (χ1) is 16.9. The average Bonchev–Trinajstić information content (AvgIpc) is 3.80. The molecule has 0 radical (unpaired) electrons. The second-order valence-electron chi connectivity index (χ2n) is 9.30. The molecule has 3 amide bonds. The van der Waals surface area contributed by atoms with Gasteiger partial charge in [-0.05, 0) is 48.9 Å². The number of carbonyl (C=O) groups is 4. The smallest absolute Gasteiger partial charge is 0.289 e. The van der Waals surface area contributed by atoms with Crippen LogP contribution in [-0.2, 0) is 20.8 Å². The highest BCUT2D eigenvalue weighted by atomic mass is 16.5. The van der Waals surface area contributed by atoms with Crippen LogP contribution in [0.1, 0.15) is 48.0 Å². The number of ketones is 1. The van der Waals surface area contributed by atoms with E-state index in [-0.39, 0.29) is 12.5 Å². The number of rotatable bonds is 12. The molecule has 2 atom stereocenters. The van der Waals surface area contributed by atoms with Gasteiger partial charge in [0.05, 0.1) is 7.11 Å². The molecule has 2 aliphatic rings. The highest BCUT2D eigenvalue weighted by molar-refractivity contribution is 6.38. The third kappa shape index (κ3) is 7.15. The molecule has 0 bridgehead atoms. The van der Waals surface area contributed by atoms with Crippen LogP contribution in [0.15, 0.2) is 54.6 Å². The van der Waals surface area contributed by atoms with Crippen molar-refractivity contribution < 1.29 is 23.9 Å². The van der Waals surface area contributed by atoms with Crippen LogP contribution in [0.5, 0.6) is 5.75 Å². The van der Waals surface area contributed by atoms with E-state index in [2.05, 4.69) is 16.0 Å². The summed E-state index contributed by atoms with van der Waals surface area (Å²) in [4.78, 5) is 51.7. The lowest BCUT2D eigenvalue weighted by atomic mass is 10.0. The molecule has 2 aromatic rings. The normalized spacial score (nSPS) is 16.5. The Balaban J connectivity index is 1.48. The summed E-state index contributed by atoms with van der Waals surface area (Å²) in [6, 6.07) is 14.1. The molecule has 2 unspecified atom stereocenters. The number of benzene rings is 2. The molecule has 35 heavy (non-hydrogen) atoms. The number of hydrogen-bond donors (Lipinski definition) is 3. The summed E-state index contributed by atoms with van der Waals surface area (Å²) in [5.41, 5.74) is 1.20. The van der Waals surface area contributed by atoms with Crippen molar-refractivity contribution in [2.24, 2.45) is 5.92 Å². The summed E-state index contributed by atoms with van der Waals surface area (Å²) in [5.74, 6) is -1.36. The Morgan fingerprint density at radius 1 is 0.914 bits per heavy atom. The number of ether oxygens (including phenoxy) is 1. The molecule has 8 heteroatoms. The van der Waals surface area contributed by atoms with Crippen molar-refractivity contribution in [1.29, 1.82) is 0 Å². The van der Waals surface area contributed by atoms with Crippen LogP contribution in [0.2, 0.25) is 0 Å². The van der Waals surface area contributed by atoms with Gasteiger partial charge in [0, 0.05) is 18.0 Å². The van der Waals surface area contributed by atoms with Crippen LogP contribution in [-0.4, -0.2) is 48.7 Å². The Bertz CT molecular complexity index is 1080. The molecule has 0 heterocycles. The zero-order chi connectivity index (χ0) is 24.8. The fourth-order valence-corrected chi connectivity index (χ4v) is 3.90. The number of methoxy groups -OCH3 is 1. The van der Waals surface area contributed by atoms with Gasteiger partial charge >= 0.3 is 0 Å². The van der Waals surface area contributed by atoms with Crippen molar-refractivity contribution >= 4 is 23.5 Å². The fourth-order valence-electron chi connectivity index (χ4n) is 3.90. The van der Waals surface area contributed by atoms with Gasteiger partial charge in [-0.25, -0.2) is 0 Å². The van der Waals surface area contributed by atoms with Crippen molar-refractivity contribution in [3.05, 3.63) is 65.7 Å². The molecule has 2 saturated carbocycles. The molecule has 8 nitrogen and oxygen atoms in total. The van der Waals surface area contributed by atoms with Gasteiger partial charge in [0.2, 0.25) is 11.7 Å². The van der Waals surface area contributed by atoms with Crippen molar-refractivity contribution in [3.63, 3.8) is 0 Å². The highest BCUT2D eigenvalue weighted by Gasteiger charge is 2.35. The minimum atomic E-state index is -1.03. The van der Waals surface area contributed by atoms with E-state index in [1.54, 1.807) is 24.3 Å². The Labute approximate surface area is 204 Å². The second kappa shape index (κ2) is 11.2. The third-order valence-electron chi connectivity index (χ3n) is 6.27. The van der Waals surface area contributed by atoms with E-state index in [1.165, 1.54) is 7.11 Å². The third-order valence-corrected chi connectivity index (χ3v) is 6.27. The molecule has 0 aromatic heterocycles. The molecule has 0 aliphatic heterocycles. The lowest BCUT2D eigenvalue weighted by Crippen LogP contribution is -2.54. The van der Waals surface area contributed by atoms with Gasteiger partial charge in [0.15, 0.2) is 0 Å². The average molecular weight is 478 g/mol. The summed E-state index contributed by atoms with van der Waals surface area (Å²) in [5, 5.41) is 8.29. The molecule has 2 fully saturated rings. The Kier molecular flexibility index (Phi) is 7.80. The maximum Gasteiger partial charge on any atom is 0.289 e. The Morgan fingerprint density at radius 3 is 2.31 bits per heavy atom. The minimum absolute atomic E-state index is 0.0318. The van der Waals surface area contributed by atoms with Gasteiger partial charge < -0.3 is 20.7 Å². The summed E-state index contributed by atoms with van der Waals surface area (Å²) in [7, 11) is 1.52. The quantitative estimate of drug-likeness (QED) is 0.406. The topological polar surface area (TPSA) is 114 Å². The van der Waals surface area contributed by atoms with Crippen molar-refractivity contribution in [2.75, 3.05) is 7.11 Å². The van der Waals surface area contributed by atoms with Gasteiger partial charge in [-0.1, -0.05) is 49.2 Å². The predicted molar refractivity (Wildman–Crippen MR) is 130 cm³/mol. The zero-order valence-corrected chi connectivity index (χ0v) is 19.8. The van der Waals surface area contributed by atoms with Gasteiger partial charge in [-0.3, -0.25) is 19.2 Å². The number of amides is 3. The Morgan fingerprint density at radius 2 is 1.66 bits per heavy atom. The molecule has 0 saturated heterocycles. The van der Waals surface area contributed by atoms with Crippen LogP contribution in [0.3, 0.4) is 0 Å². The molecular formula is C27H31N3O5. The summed E-state index contributed by atoms with van der Waals surface area (Å²) < 4.78 is 5.19. The van der Waals surface area contributed by atoms with E-state index in [1.807, 2.05) is 30.3 Å². The predicted octanol–water partition coefficient (Wildman–Crippen LogP) is 2.17. The molecule has 0 spiro atoms. The molecule has 3 N–H and O–H groups in total. The summed E-state index contributed by atoms with van der Waals surface area (Å²) >= 11 is 0. The lowest BCUT2D eigenvalue weighted by molar-refractivity contribution is -0.140. The second-order valence-corrected chi connectivity index (χ2v) is 9.30. The van der Waals surface area contributed by atoms with Crippen LogP contribution >= 0.6 is 0 Å². The van der Waals surface area contributed by atoms with Crippen LogP contribution in [0.4, 0.5) is 0 Å². The van der Waals surface area contributed by atoms with Gasteiger partial charge in [0.25, 0.3) is 11.8 Å². The van der Waals surface area contributed by atoms with E-state index in [9.17, 15) is 19.2 Å². The standard InChI is InChI=1S/C27H31N3O5/c1-35-21-9-5-8-19(16-21)25(32)30-23(15-18-10-11-18)26(33)29-22(14-17-6-3-2-4-7-17)24(31)27(34)28-20-12-13-20/h2-9,16,18,20,22-23H,10-15H2,1H3,(H,28,34)(H,29,33)(H,30,32). The lowest BCUT2D eigenvalue weighted by Gasteiger charge is -2.23. The van der Waals surface area contributed by atoms with Gasteiger partial charge in [-0.15, -0.1) is 0 Å². The first-order valence-corrected chi connectivity index (χ1v) is 12.1. The number of hydrogen-bond acceptors (Lipinski definition) is 5. The minimum Gasteiger partial charge on any atom is -0.497 e. The number of nitrogens with one attached hydrogen (secondary N) is 3. The van der Waals surface area contributed by atoms with Crippen LogP contribution in [0.25, 0.3) is 0 Å². The molecule has 4 rings (SSSR count). The summed E-state index contributed by atoms with van der Waals surface area (Å²) in [6.07, 6.45) is 4.36. The van der Waals surface area contributed by atoms with E-state index in [0.717, 1.165) is 31.2 Å². The van der Waals surface area contributed by atoms with E-state index >= 15 is 0 Å². The molecule has 2 aliphatic carbocycles. The fraction of sp³-hybridized carbons (Fsp3) is 0.407. The van der Waals surface area contributed by atoms with Crippen LogP contribution < -0.4 is 20.7 Å². The molecule has 184 valence electrons. The van der Waals surface area contributed by atoms with E-state index in [4.69, 9.17) is 4.74 Å². The first kappa shape index (κ1) is 24.4. The first-order valence-electron chi connectivity index (χ1n) is 12.1. The van der Waals surface area contributed by atoms with Gasteiger partial charge in [0.1, 0.15) is 17.8 Å². The zero-order valence-electron chi connectivity index (χ0n) is 19.8. The van der Waals surface area contributed by atoms with Crippen molar-refractivity contribution in [1.82, 2.24) is 16.0 Å². The molecule has 2 aromatic carbocycles. The van der Waals surface area contributed by atoms with Gasteiger partial charge in [-0.2, -0.15) is 0 Å². The largest absolute Gasteiger partial charge is 0.497 e. The summed E-state index contributed by atoms with van der Waals surface area (Å²) in [6.45, 7) is 0. The highest BCUT2D eigenvalue weighted by Crippen LogP contribution is 2.33. The Hall–Kier alpha value is -3.68. The monoisotopic (exact) mass is 477 g/mol. The SMILES string of the molecule is COc1cccc(C(=O)NC(CC2CC2)C(=O)NC(Cc2ccccc2)C(=O)C(=O)NC2CC2)c1. The van der Waals surface area contributed by atoms with E-state index < -0.39 is 35.6 Å². The van der Waals surface area contributed by atoms with Crippen molar-refractivity contribution in [3.8, 4) is 5.75 Å². The van der Waals surface area contributed by atoms with E-state index in [0.29, 0.717) is 23.7 Å². The maximum atomic E-state index is 13.3.